The Kier molecular flexibility index (Phi) is 2.98. The van der Waals surface area contributed by atoms with Gasteiger partial charge in [0.15, 0.2) is 9.84 Å². The summed E-state index contributed by atoms with van der Waals surface area (Å²) in [6.07, 6.45) is 2.16. The van der Waals surface area contributed by atoms with Crippen molar-refractivity contribution >= 4 is 9.84 Å². The molecule has 1 saturated carbocycles. The SMILES string of the molecule is CC(N)C1(c2cc(F)cc(S(C)(=O)=O)c2F)CC1. The third-order valence-electron chi connectivity index (χ3n) is 3.60. The average molecular weight is 275 g/mol. The monoisotopic (exact) mass is 275 g/mol. The molecule has 2 rings (SSSR count). The lowest BCUT2D eigenvalue weighted by molar-refractivity contribution is 0.486. The quantitative estimate of drug-likeness (QED) is 0.914. The number of nitrogens with two attached hydrogens (primary N) is 1. The van der Waals surface area contributed by atoms with E-state index in [4.69, 9.17) is 5.73 Å². The van der Waals surface area contributed by atoms with Gasteiger partial charge in [-0.2, -0.15) is 0 Å². The molecule has 0 heterocycles. The molecule has 1 aromatic carbocycles. The van der Waals surface area contributed by atoms with Crippen LogP contribution in [0.1, 0.15) is 25.3 Å². The van der Waals surface area contributed by atoms with Crippen LogP contribution < -0.4 is 5.73 Å². The summed E-state index contributed by atoms with van der Waals surface area (Å²) in [5.74, 6) is -1.62. The Morgan fingerprint density at radius 1 is 1.33 bits per heavy atom. The first-order valence-electron chi connectivity index (χ1n) is 5.63. The second-order valence-corrected chi connectivity index (χ2v) is 6.97. The van der Waals surface area contributed by atoms with Crippen molar-refractivity contribution in [3.05, 3.63) is 29.3 Å². The standard InChI is InChI=1S/C12H15F2NO2S/c1-7(15)12(3-4-12)9-5-8(13)6-10(11(9)14)18(2,16)17/h5-7H,3-4,15H2,1-2H3. The van der Waals surface area contributed by atoms with Crippen LogP contribution in [0.3, 0.4) is 0 Å². The summed E-state index contributed by atoms with van der Waals surface area (Å²) in [6, 6.07) is 1.42. The minimum Gasteiger partial charge on any atom is -0.327 e. The highest BCUT2D eigenvalue weighted by Crippen LogP contribution is 2.51. The Morgan fingerprint density at radius 3 is 2.28 bits per heavy atom. The van der Waals surface area contributed by atoms with Crippen molar-refractivity contribution in [1.82, 2.24) is 0 Å². The summed E-state index contributed by atoms with van der Waals surface area (Å²) in [5, 5.41) is 0. The fourth-order valence-electron chi connectivity index (χ4n) is 2.30. The Bertz CT molecular complexity index is 592. The van der Waals surface area contributed by atoms with Gasteiger partial charge in [0.1, 0.15) is 16.5 Å². The summed E-state index contributed by atoms with van der Waals surface area (Å²) in [4.78, 5) is -0.593. The molecule has 0 aliphatic heterocycles. The third kappa shape index (κ3) is 2.03. The third-order valence-corrected chi connectivity index (χ3v) is 4.70. The normalized spacial score (nSPS) is 19.6. The first kappa shape index (κ1) is 13.4. The smallest absolute Gasteiger partial charge is 0.178 e. The lowest BCUT2D eigenvalue weighted by Crippen LogP contribution is -2.32. The van der Waals surface area contributed by atoms with Crippen LogP contribution in [-0.4, -0.2) is 20.7 Å². The highest BCUT2D eigenvalue weighted by molar-refractivity contribution is 7.90. The molecular formula is C12H15F2NO2S. The second kappa shape index (κ2) is 3.99. The molecule has 1 aromatic rings. The van der Waals surface area contributed by atoms with Gasteiger partial charge in [-0.15, -0.1) is 0 Å². The van der Waals surface area contributed by atoms with E-state index in [1.165, 1.54) is 0 Å². The zero-order valence-corrected chi connectivity index (χ0v) is 11.0. The maximum atomic E-state index is 14.2. The van der Waals surface area contributed by atoms with Crippen molar-refractivity contribution in [3.63, 3.8) is 0 Å². The summed E-state index contributed by atoms with van der Waals surface area (Å²) in [5.41, 5.74) is 5.27. The molecule has 0 spiro atoms. The number of halogens is 2. The Hall–Kier alpha value is -1.01. The van der Waals surface area contributed by atoms with E-state index >= 15 is 0 Å². The second-order valence-electron chi connectivity index (χ2n) is 4.98. The van der Waals surface area contributed by atoms with Crippen LogP contribution in [0.2, 0.25) is 0 Å². The van der Waals surface area contributed by atoms with Gasteiger partial charge in [0.25, 0.3) is 0 Å². The summed E-state index contributed by atoms with van der Waals surface area (Å²) >= 11 is 0. The summed E-state index contributed by atoms with van der Waals surface area (Å²) in [6.45, 7) is 1.72. The summed E-state index contributed by atoms with van der Waals surface area (Å²) < 4.78 is 50.6. The minimum atomic E-state index is -3.79. The molecule has 0 radical (unpaired) electrons. The van der Waals surface area contributed by atoms with Crippen LogP contribution in [0.25, 0.3) is 0 Å². The average Bonchev–Trinajstić information content (AvgIpc) is 3.00. The minimum absolute atomic E-state index is 0.0814. The van der Waals surface area contributed by atoms with Crippen LogP contribution in [-0.2, 0) is 15.3 Å². The molecule has 1 aliphatic carbocycles. The molecule has 2 N–H and O–H groups in total. The molecule has 1 atom stereocenters. The first-order valence-corrected chi connectivity index (χ1v) is 7.53. The molecule has 3 nitrogen and oxygen atoms in total. The molecule has 0 bridgehead atoms. The highest BCUT2D eigenvalue weighted by atomic mass is 32.2. The van der Waals surface area contributed by atoms with E-state index in [1.54, 1.807) is 6.92 Å². The highest BCUT2D eigenvalue weighted by Gasteiger charge is 2.50. The van der Waals surface area contributed by atoms with E-state index in [9.17, 15) is 17.2 Å². The van der Waals surface area contributed by atoms with Crippen molar-refractivity contribution < 1.29 is 17.2 Å². The van der Waals surface area contributed by atoms with Crippen molar-refractivity contribution in [3.8, 4) is 0 Å². The Labute approximate surface area is 105 Å². The van der Waals surface area contributed by atoms with E-state index in [-0.39, 0.29) is 11.6 Å². The molecular weight excluding hydrogens is 260 g/mol. The molecule has 0 aromatic heterocycles. The van der Waals surface area contributed by atoms with Crippen LogP contribution in [0, 0.1) is 11.6 Å². The number of hydrogen-bond acceptors (Lipinski definition) is 3. The summed E-state index contributed by atoms with van der Waals surface area (Å²) in [7, 11) is -3.79. The van der Waals surface area contributed by atoms with Gasteiger partial charge in [0.05, 0.1) is 0 Å². The van der Waals surface area contributed by atoms with Gasteiger partial charge in [-0.25, -0.2) is 17.2 Å². The van der Waals surface area contributed by atoms with E-state index in [0.29, 0.717) is 18.9 Å². The zero-order valence-electron chi connectivity index (χ0n) is 10.2. The van der Waals surface area contributed by atoms with Gasteiger partial charge in [0.2, 0.25) is 0 Å². The van der Waals surface area contributed by atoms with Gasteiger partial charge in [-0.3, -0.25) is 0 Å². The van der Waals surface area contributed by atoms with Crippen LogP contribution in [0.15, 0.2) is 17.0 Å². The molecule has 100 valence electrons. The molecule has 1 fully saturated rings. The van der Waals surface area contributed by atoms with E-state index in [0.717, 1.165) is 12.3 Å². The van der Waals surface area contributed by atoms with Crippen LogP contribution in [0.5, 0.6) is 0 Å². The number of rotatable bonds is 3. The largest absolute Gasteiger partial charge is 0.327 e. The van der Waals surface area contributed by atoms with E-state index < -0.39 is 31.8 Å². The molecule has 0 saturated heterocycles. The maximum Gasteiger partial charge on any atom is 0.178 e. The van der Waals surface area contributed by atoms with Crippen molar-refractivity contribution in [1.29, 1.82) is 0 Å². The fourth-order valence-corrected chi connectivity index (χ4v) is 3.06. The number of benzene rings is 1. The van der Waals surface area contributed by atoms with E-state index in [1.807, 2.05) is 0 Å². The molecule has 18 heavy (non-hydrogen) atoms. The molecule has 1 unspecified atom stereocenters. The number of hydrogen-bond donors (Lipinski definition) is 1. The first-order chi connectivity index (χ1) is 8.18. The van der Waals surface area contributed by atoms with Crippen molar-refractivity contribution in [2.45, 2.75) is 36.1 Å². The molecule has 6 heteroatoms. The van der Waals surface area contributed by atoms with Gasteiger partial charge >= 0.3 is 0 Å². The van der Waals surface area contributed by atoms with Crippen LogP contribution in [0.4, 0.5) is 8.78 Å². The van der Waals surface area contributed by atoms with Gasteiger partial charge < -0.3 is 5.73 Å². The van der Waals surface area contributed by atoms with E-state index in [2.05, 4.69) is 0 Å². The predicted molar refractivity (Wildman–Crippen MR) is 64.0 cm³/mol. The molecule has 0 amide bonds. The van der Waals surface area contributed by atoms with Crippen LogP contribution >= 0.6 is 0 Å². The topological polar surface area (TPSA) is 60.2 Å². The molecule has 1 aliphatic rings. The predicted octanol–water partition coefficient (Wildman–Crippen LogP) is 1.75. The van der Waals surface area contributed by atoms with Crippen molar-refractivity contribution in [2.75, 3.05) is 6.26 Å². The lowest BCUT2D eigenvalue weighted by Gasteiger charge is -2.21. The lowest BCUT2D eigenvalue weighted by atomic mass is 9.89. The fraction of sp³-hybridized carbons (Fsp3) is 0.500. The Morgan fingerprint density at radius 2 is 1.89 bits per heavy atom. The Balaban J connectivity index is 2.68. The van der Waals surface area contributed by atoms with Gasteiger partial charge in [0, 0.05) is 17.7 Å². The maximum absolute atomic E-state index is 14.2. The number of sulfone groups is 1. The zero-order chi connectivity index (χ0) is 13.7. The van der Waals surface area contributed by atoms with Gasteiger partial charge in [-0.1, -0.05) is 0 Å². The van der Waals surface area contributed by atoms with Gasteiger partial charge in [-0.05, 0) is 37.5 Å². The van der Waals surface area contributed by atoms with Crippen molar-refractivity contribution in [2.24, 2.45) is 5.73 Å².